The van der Waals surface area contributed by atoms with Crippen molar-refractivity contribution in [1.29, 1.82) is 0 Å². The summed E-state index contributed by atoms with van der Waals surface area (Å²) in [7, 11) is 0. The Hall–Kier alpha value is -1.06. The van der Waals surface area contributed by atoms with Gasteiger partial charge in [-0.05, 0) is 25.8 Å². The first-order chi connectivity index (χ1) is 7.09. The Morgan fingerprint density at radius 3 is 2.38 bits per heavy atom. The smallest absolute Gasteiger partial charge is 0.323 e. The molecule has 90 valence electrons. The largest absolute Gasteiger partial charge is 0.462 e. The van der Waals surface area contributed by atoms with E-state index < -0.39 is 6.04 Å². The molecule has 1 rings (SSSR count). The summed E-state index contributed by atoms with van der Waals surface area (Å²) in [6.07, 6.45) is 0.408. The summed E-state index contributed by atoms with van der Waals surface area (Å²) in [5, 5.41) is 0. The SMILES string of the molecule is CC(C)OC(=O)C(N)Cc1ccccc1.Cl. The highest BCUT2D eigenvalue weighted by Gasteiger charge is 2.16. The molecule has 0 radical (unpaired) electrons. The van der Waals surface area contributed by atoms with Gasteiger partial charge in [0.1, 0.15) is 6.04 Å². The van der Waals surface area contributed by atoms with Crippen LogP contribution in [0.1, 0.15) is 19.4 Å². The fourth-order valence-electron chi connectivity index (χ4n) is 1.27. The number of halogens is 1. The van der Waals surface area contributed by atoms with Gasteiger partial charge in [-0.15, -0.1) is 12.4 Å². The number of carbonyl (C=O) groups excluding carboxylic acids is 1. The number of hydrogen-bond donors (Lipinski definition) is 1. The van der Waals surface area contributed by atoms with E-state index in [1.54, 1.807) is 0 Å². The lowest BCUT2D eigenvalue weighted by Crippen LogP contribution is -2.35. The molecular weight excluding hydrogens is 226 g/mol. The van der Waals surface area contributed by atoms with Crippen molar-refractivity contribution in [2.75, 3.05) is 0 Å². The molecule has 2 N–H and O–H groups in total. The molecule has 1 aromatic carbocycles. The van der Waals surface area contributed by atoms with Gasteiger partial charge in [0.2, 0.25) is 0 Å². The van der Waals surface area contributed by atoms with Crippen LogP contribution in [0, 0.1) is 0 Å². The third-order valence-electron chi connectivity index (χ3n) is 1.95. The monoisotopic (exact) mass is 243 g/mol. The minimum atomic E-state index is -0.574. The standard InChI is InChI=1S/C12H17NO2.ClH/c1-9(2)15-12(14)11(13)8-10-6-4-3-5-7-10;/h3-7,9,11H,8,13H2,1-2H3;1H. The molecule has 0 saturated carbocycles. The van der Waals surface area contributed by atoms with Crippen LogP contribution < -0.4 is 5.73 Å². The van der Waals surface area contributed by atoms with Crippen molar-refractivity contribution in [2.45, 2.75) is 32.4 Å². The van der Waals surface area contributed by atoms with Gasteiger partial charge >= 0.3 is 5.97 Å². The molecule has 1 atom stereocenters. The van der Waals surface area contributed by atoms with Gasteiger partial charge in [0.15, 0.2) is 0 Å². The van der Waals surface area contributed by atoms with E-state index in [1.807, 2.05) is 44.2 Å². The average molecular weight is 244 g/mol. The van der Waals surface area contributed by atoms with Crippen molar-refractivity contribution >= 4 is 18.4 Å². The third kappa shape index (κ3) is 5.14. The van der Waals surface area contributed by atoms with Gasteiger partial charge in [0.25, 0.3) is 0 Å². The van der Waals surface area contributed by atoms with Crippen molar-refractivity contribution in [3.8, 4) is 0 Å². The lowest BCUT2D eigenvalue weighted by atomic mass is 10.1. The molecule has 0 fully saturated rings. The summed E-state index contributed by atoms with van der Waals surface area (Å²) < 4.78 is 5.02. The highest BCUT2D eigenvalue weighted by Crippen LogP contribution is 2.03. The van der Waals surface area contributed by atoms with E-state index in [4.69, 9.17) is 10.5 Å². The fourth-order valence-corrected chi connectivity index (χ4v) is 1.27. The molecule has 4 heteroatoms. The summed E-state index contributed by atoms with van der Waals surface area (Å²) in [5.74, 6) is -0.339. The molecule has 0 aliphatic carbocycles. The van der Waals surface area contributed by atoms with Crippen LogP contribution in [0.5, 0.6) is 0 Å². The lowest BCUT2D eigenvalue weighted by Gasteiger charge is -2.13. The minimum absolute atomic E-state index is 0. The van der Waals surface area contributed by atoms with E-state index in [1.165, 1.54) is 0 Å². The number of carbonyl (C=O) groups is 1. The van der Waals surface area contributed by atoms with Gasteiger partial charge in [0.05, 0.1) is 6.10 Å². The van der Waals surface area contributed by atoms with Crippen molar-refractivity contribution in [3.63, 3.8) is 0 Å². The summed E-state index contributed by atoms with van der Waals surface area (Å²) in [6.45, 7) is 3.63. The van der Waals surface area contributed by atoms with Crippen LogP contribution in [-0.4, -0.2) is 18.1 Å². The van der Waals surface area contributed by atoms with Gasteiger partial charge < -0.3 is 10.5 Å². The van der Waals surface area contributed by atoms with Crippen LogP contribution in [-0.2, 0) is 16.0 Å². The summed E-state index contributed by atoms with van der Waals surface area (Å²) in [6, 6.07) is 9.10. The second kappa shape index (κ2) is 7.25. The molecule has 0 bridgehead atoms. The van der Waals surface area contributed by atoms with Crippen LogP contribution in [0.4, 0.5) is 0 Å². The van der Waals surface area contributed by atoms with Gasteiger partial charge in [-0.3, -0.25) is 4.79 Å². The summed E-state index contributed by atoms with van der Waals surface area (Å²) in [5.41, 5.74) is 6.77. The maximum Gasteiger partial charge on any atom is 0.323 e. The highest BCUT2D eigenvalue weighted by atomic mass is 35.5. The predicted octanol–water partition coefficient (Wildman–Crippen LogP) is 1.93. The fraction of sp³-hybridized carbons (Fsp3) is 0.417. The molecule has 0 heterocycles. The maximum absolute atomic E-state index is 11.4. The van der Waals surface area contributed by atoms with E-state index in [2.05, 4.69) is 0 Å². The van der Waals surface area contributed by atoms with E-state index >= 15 is 0 Å². The van der Waals surface area contributed by atoms with Gasteiger partial charge in [-0.1, -0.05) is 30.3 Å². The Kier molecular flexibility index (Phi) is 6.77. The number of benzene rings is 1. The molecule has 1 unspecified atom stereocenters. The van der Waals surface area contributed by atoms with E-state index in [0.717, 1.165) is 5.56 Å². The summed E-state index contributed by atoms with van der Waals surface area (Å²) in [4.78, 5) is 11.4. The Balaban J connectivity index is 0.00000225. The van der Waals surface area contributed by atoms with Gasteiger partial charge in [-0.2, -0.15) is 0 Å². The summed E-state index contributed by atoms with van der Waals surface area (Å²) >= 11 is 0. The van der Waals surface area contributed by atoms with Gasteiger partial charge in [0, 0.05) is 0 Å². The number of hydrogen-bond acceptors (Lipinski definition) is 3. The van der Waals surface area contributed by atoms with Crippen molar-refractivity contribution < 1.29 is 9.53 Å². The third-order valence-corrected chi connectivity index (χ3v) is 1.95. The Bertz CT molecular complexity index is 314. The quantitative estimate of drug-likeness (QED) is 0.823. The van der Waals surface area contributed by atoms with Crippen LogP contribution in [0.2, 0.25) is 0 Å². The van der Waals surface area contributed by atoms with Gasteiger partial charge in [-0.25, -0.2) is 0 Å². The lowest BCUT2D eigenvalue weighted by molar-refractivity contribution is -0.148. The molecule has 0 spiro atoms. The van der Waals surface area contributed by atoms with Crippen LogP contribution in [0.15, 0.2) is 30.3 Å². The first kappa shape index (κ1) is 14.9. The molecule has 0 aliphatic rings. The number of ether oxygens (including phenoxy) is 1. The van der Waals surface area contributed by atoms with Crippen molar-refractivity contribution in [1.82, 2.24) is 0 Å². The topological polar surface area (TPSA) is 52.3 Å². The second-order valence-electron chi connectivity index (χ2n) is 3.78. The Labute approximate surface area is 102 Å². The van der Waals surface area contributed by atoms with E-state index in [9.17, 15) is 4.79 Å². The molecule has 3 nitrogen and oxygen atoms in total. The molecular formula is C12H18ClNO2. The number of rotatable bonds is 4. The van der Waals surface area contributed by atoms with Crippen molar-refractivity contribution in [3.05, 3.63) is 35.9 Å². The van der Waals surface area contributed by atoms with Crippen LogP contribution in [0.3, 0.4) is 0 Å². The Morgan fingerprint density at radius 2 is 1.88 bits per heavy atom. The molecule has 1 aromatic rings. The number of esters is 1. The Morgan fingerprint density at radius 1 is 1.31 bits per heavy atom. The van der Waals surface area contributed by atoms with Crippen LogP contribution >= 0.6 is 12.4 Å². The molecule has 0 aliphatic heterocycles. The molecule has 0 aromatic heterocycles. The minimum Gasteiger partial charge on any atom is -0.462 e. The predicted molar refractivity (Wildman–Crippen MR) is 66.6 cm³/mol. The maximum atomic E-state index is 11.4. The first-order valence-electron chi connectivity index (χ1n) is 5.09. The van der Waals surface area contributed by atoms with Crippen LogP contribution in [0.25, 0.3) is 0 Å². The van der Waals surface area contributed by atoms with Crippen molar-refractivity contribution in [2.24, 2.45) is 5.73 Å². The zero-order valence-corrected chi connectivity index (χ0v) is 10.4. The highest BCUT2D eigenvalue weighted by molar-refractivity contribution is 5.85. The van der Waals surface area contributed by atoms with E-state index in [0.29, 0.717) is 6.42 Å². The van der Waals surface area contributed by atoms with E-state index in [-0.39, 0.29) is 24.5 Å². The normalized spacial score (nSPS) is 11.8. The average Bonchev–Trinajstić information content (AvgIpc) is 2.18. The molecule has 0 amide bonds. The number of nitrogens with two attached hydrogens (primary N) is 1. The molecule has 0 saturated heterocycles. The zero-order valence-electron chi connectivity index (χ0n) is 9.55. The second-order valence-corrected chi connectivity index (χ2v) is 3.78. The zero-order chi connectivity index (χ0) is 11.3. The molecule has 16 heavy (non-hydrogen) atoms. The first-order valence-corrected chi connectivity index (χ1v) is 5.09.